The van der Waals surface area contributed by atoms with Crippen molar-refractivity contribution in [1.29, 1.82) is 0 Å². The lowest BCUT2D eigenvalue weighted by Gasteiger charge is -2.16. The minimum atomic E-state index is -0.315. The number of amides is 1. The highest BCUT2D eigenvalue weighted by Crippen LogP contribution is 2.24. The largest absolute Gasteiger partial charge is 0.348 e. The van der Waals surface area contributed by atoms with E-state index in [-0.39, 0.29) is 16.7 Å². The number of hydrogen-bond acceptors (Lipinski definition) is 4. The van der Waals surface area contributed by atoms with E-state index in [4.69, 9.17) is 0 Å². The lowest BCUT2D eigenvalue weighted by atomic mass is 10.1. The first-order valence-electron chi connectivity index (χ1n) is 6.94. The van der Waals surface area contributed by atoms with Gasteiger partial charge in [0.05, 0.1) is 10.9 Å². The third-order valence-electron chi connectivity index (χ3n) is 3.25. The van der Waals surface area contributed by atoms with E-state index in [1.807, 2.05) is 30.3 Å². The van der Waals surface area contributed by atoms with Crippen molar-refractivity contribution < 1.29 is 4.79 Å². The van der Waals surface area contributed by atoms with E-state index in [1.165, 1.54) is 16.7 Å². The van der Waals surface area contributed by atoms with Gasteiger partial charge in [-0.2, -0.15) is 0 Å². The molecule has 0 saturated heterocycles. The van der Waals surface area contributed by atoms with Gasteiger partial charge in [-0.05, 0) is 13.8 Å². The van der Waals surface area contributed by atoms with Crippen LogP contribution in [0.15, 0.2) is 40.3 Å². The maximum Gasteiger partial charge on any atom is 0.255 e. The van der Waals surface area contributed by atoms with Crippen molar-refractivity contribution in [2.75, 3.05) is 14.1 Å². The molecule has 1 amide bonds. The maximum atomic E-state index is 12.1. The van der Waals surface area contributed by atoms with Crippen LogP contribution in [-0.2, 0) is 4.79 Å². The van der Waals surface area contributed by atoms with Crippen LogP contribution in [-0.4, -0.2) is 40.1 Å². The quantitative estimate of drug-likeness (QED) is 0.694. The van der Waals surface area contributed by atoms with Gasteiger partial charge in [0.15, 0.2) is 5.16 Å². The first-order valence-corrected chi connectivity index (χ1v) is 7.82. The van der Waals surface area contributed by atoms with Crippen molar-refractivity contribution in [2.24, 2.45) is 0 Å². The zero-order valence-corrected chi connectivity index (χ0v) is 13.9. The predicted molar refractivity (Wildman–Crippen MR) is 89.0 cm³/mol. The molecule has 0 aliphatic rings. The Bertz CT molecular complexity index is 726. The summed E-state index contributed by atoms with van der Waals surface area (Å²) in [7, 11) is 3.42. The molecule has 1 atom stereocenters. The molecular formula is C16H19N3O2S. The van der Waals surface area contributed by atoms with E-state index in [1.54, 1.807) is 27.9 Å². The highest BCUT2D eigenvalue weighted by Gasteiger charge is 2.18. The van der Waals surface area contributed by atoms with Crippen LogP contribution in [0.5, 0.6) is 0 Å². The summed E-state index contributed by atoms with van der Waals surface area (Å²) in [6.45, 7) is 3.55. The third-order valence-corrected chi connectivity index (χ3v) is 4.23. The molecule has 22 heavy (non-hydrogen) atoms. The molecule has 0 fully saturated rings. The second-order valence-corrected chi connectivity index (χ2v) is 6.53. The molecule has 116 valence electrons. The molecule has 0 radical (unpaired) electrons. The van der Waals surface area contributed by atoms with Crippen LogP contribution in [0, 0.1) is 6.92 Å². The highest BCUT2D eigenvalue weighted by molar-refractivity contribution is 8.00. The zero-order valence-electron chi connectivity index (χ0n) is 13.1. The predicted octanol–water partition coefficient (Wildman–Crippen LogP) is 2.31. The number of nitrogens with zero attached hydrogens (tertiary/aromatic N) is 2. The molecule has 2 aromatic rings. The number of carbonyl (C=O) groups is 1. The minimum absolute atomic E-state index is 0.0190. The van der Waals surface area contributed by atoms with Crippen LogP contribution in [0.1, 0.15) is 12.5 Å². The average Bonchev–Trinajstić information content (AvgIpc) is 2.50. The number of thioether (sulfide) groups is 1. The molecule has 2 rings (SSSR count). The van der Waals surface area contributed by atoms with E-state index in [0.717, 1.165) is 5.56 Å². The normalized spacial score (nSPS) is 12.0. The summed E-state index contributed by atoms with van der Waals surface area (Å²) >= 11 is 1.25. The van der Waals surface area contributed by atoms with Crippen molar-refractivity contribution in [3.05, 3.63) is 46.2 Å². The van der Waals surface area contributed by atoms with Crippen LogP contribution in [0.3, 0.4) is 0 Å². The summed E-state index contributed by atoms with van der Waals surface area (Å²) in [5, 5.41) is 0.140. The van der Waals surface area contributed by atoms with Gasteiger partial charge in [0.25, 0.3) is 5.56 Å². The van der Waals surface area contributed by atoms with Gasteiger partial charge in [0.2, 0.25) is 5.91 Å². The molecule has 1 N–H and O–H groups in total. The number of nitrogens with one attached hydrogen (secondary N) is 1. The Balaban J connectivity index is 2.37. The summed E-state index contributed by atoms with van der Waals surface area (Å²) in [6.07, 6.45) is 0. The number of hydrogen-bond donors (Lipinski definition) is 1. The lowest BCUT2D eigenvalue weighted by molar-refractivity contribution is -0.127. The molecular weight excluding hydrogens is 298 g/mol. The second-order valence-electron chi connectivity index (χ2n) is 5.20. The Morgan fingerprint density at radius 2 is 1.91 bits per heavy atom. The summed E-state index contributed by atoms with van der Waals surface area (Å²) in [6, 6.07) is 9.56. The first kappa shape index (κ1) is 16.3. The van der Waals surface area contributed by atoms with Gasteiger partial charge in [-0.1, -0.05) is 42.1 Å². The number of H-pyrrole nitrogens is 1. The van der Waals surface area contributed by atoms with Crippen LogP contribution in [0.25, 0.3) is 11.3 Å². The molecule has 0 aliphatic carbocycles. The van der Waals surface area contributed by atoms with Crippen LogP contribution in [0.4, 0.5) is 0 Å². The minimum Gasteiger partial charge on any atom is -0.348 e. The van der Waals surface area contributed by atoms with E-state index >= 15 is 0 Å². The van der Waals surface area contributed by atoms with Crippen molar-refractivity contribution in [3.8, 4) is 11.3 Å². The van der Waals surface area contributed by atoms with Gasteiger partial charge in [-0.15, -0.1) is 0 Å². The summed E-state index contributed by atoms with van der Waals surface area (Å²) in [5.41, 5.74) is 1.93. The van der Waals surface area contributed by atoms with Gasteiger partial charge < -0.3 is 9.88 Å². The molecule has 0 spiro atoms. The summed E-state index contributed by atoms with van der Waals surface area (Å²) < 4.78 is 0. The zero-order chi connectivity index (χ0) is 16.3. The number of aromatic nitrogens is 2. The molecule has 6 heteroatoms. The Morgan fingerprint density at radius 3 is 2.50 bits per heavy atom. The SMILES string of the molecule is Cc1c(-c2ccccc2)nc(SC(C)C(=O)N(C)C)[nH]c1=O. The molecule has 0 saturated carbocycles. The smallest absolute Gasteiger partial charge is 0.255 e. The molecule has 1 heterocycles. The van der Waals surface area contributed by atoms with Gasteiger partial charge >= 0.3 is 0 Å². The van der Waals surface area contributed by atoms with E-state index in [9.17, 15) is 9.59 Å². The standard InChI is InChI=1S/C16H19N3O2S/c1-10-13(12-8-6-5-7-9-12)17-16(18-14(10)20)22-11(2)15(21)19(3)4/h5-9,11H,1-4H3,(H,17,18,20). The molecule has 5 nitrogen and oxygen atoms in total. The lowest BCUT2D eigenvalue weighted by Crippen LogP contribution is -2.30. The van der Waals surface area contributed by atoms with E-state index in [0.29, 0.717) is 16.4 Å². The summed E-state index contributed by atoms with van der Waals surface area (Å²) in [4.78, 5) is 32.8. The fraction of sp³-hybridized carbons (Fsp3) is 0.312. The Morgan fingerprint density at radius 1 is 1.27 bits per heavy atom. The Kier molecular flexibility index (Phi) is 5.03. The van der Waals surface area contributed by atoms with Gasteiger partial charge in [-0.3, -0.25) is 9.59 Å². The fourth-order valence-corrected chi connectivity index (χ4v) is 2.97. The van der Waals surface area contributed by atoms with Crippen LogP contribution in [0.2, 0.25) is 0 Å². The molecule has 1 aromatic heterocycles. The second kappa shape index (κ2) is 6.79. The molecule has 0 bridgehead atoms. The number of carbonyl (C=O) groups excluding carboxylic acids is 1. The van der Waals surface area contributed by atoms with Crippen molar-refractivity contribution in [2.45, 2.75) is 24.3 Å². The highest BCUT2D eigenvalue weighted by atomic mass is 32.2. The van der Waals surface area contributed by atoms with Gasteiger partial charge in [0.1, 0.15) is 0 Å². The average molecular weight is 317 g/mol. The van der Waals surface area contributed by atoms with Gasteiger partial charge in [-0.25, -0.2) is 4.98 Å². The van der Waals surface area contributed by atoms with Gasteiger partial charge in [0, 0.05) is 25.2 Å². The van der Waals surface area contributed by atoms with E-state index in [2.05, 4.69) is 9.97 Å². The van der Waals surface area contributed by atoms with Crippen LogP contribution < -0.4 is 5.56 Å². The van der Waals surface area contributed by atoms with Crippen molar-refractivity contribution >= 4 is 17.7 Å². The van der Waals surface area contributed by atoms with Crippen LogP contribution >= 0.6 is 11.8 Å². The summed E-state index contributed by atoms with van der Waals surface area (Å²) in [5.74, 6) is -0.0190. The number of benzene rings is 1. The number of rotatable bonds is 4. The fourth-order valence-electron chi connectivity index (χ4n) is 2.03. The molecule has 0 aliphatic heterocycles. The van der Waals surface area contributed by atoms with E-state index < -0.39 is 0 Å². The molecule has 1 aromatic carbocycles. The van der Waals surface area contributed by atoms with Crippen molar-refractivity contribution in [1.82, 2.24) is 14.9 Å². The Hall–Kier alpha value is -2.08. The topological polar surface area (TPSA) is 66.1 Å². The Labute approximate surface area is 133 Å². The third kappa shape index (κ3) is 3.57. The van der Waals surface area contributed by atoms with Crippen molar-refractivity contribution in [3.63, 3.8) is 0 Å². The number of aromatic amines is 1. The first-order chi connectivity index (χ1) is 10.4. The maximum absolute atomic E-state index is 12.1. The molecule has 1 unspecified atom stereocenters. The monoisotopic (exact) mass is 317 g/mol.